The number of fused-ring (bicyclic) bond motifs is 1. The molecule has 0 saturated heterocycles. The number of anilines is 1. The summed E-state index contributed by atoms with van der Waals surface area (Å²) in [6.45, 7) is 0. The number of pyridine rings is 1. The van der Waals surface area contributed by atoms with Crippen molar-refractivity contribution in [3.8, 4) is 22.8 Å². The van der Waals surface area contributed by atoms with Crippen LogP contribution < -0.4 is 20.5 Å². The number of aromatic nitrogens is 1. The zero-order valence-corrected chi connectivity index (χ0v) is 13.4. The quantitative estimate of drug-likeness (QED) is 0.770. The lowest BCUT2D eigenvalue weighted by Crippen LogP contribution is -2.19. The van der Waals surface area contributed by atoms with Gasteiger partial charge in [0.25, 0.3) is 0 Å². The van der Waals surface area contributed by atoms with E-state index in [2.05, 4.69) is 10.3 Å². The molecule has 0 radical (unpaired) electrons. The Hall–Kier alpha value is -3.28. The molecule has 24 heavy (non-hydrogen) atoms. The van der Waals surface area contributed by atoms with E-state index in [1.54, 1.807) is 20.3 Å². The van der Waals surface area contributed by atoms with Crippen molar-refractivity contribution in [3.63, 3.8) is 0 Å². The normalized spacial score (nSPS) is 10.4. The molecule has 6 heteroatoms. The molecule has 3 rings (SSSR count). The Morgan fingerprint density at radius 3 is 2.50 bits per heavy atom. The maximum Gasteiger partial charge on any atom is 0.316 e. The molecule has 1 heterocycles. The third kappa shape index (κ3) is 2.94. The number of amides is 2. The number of primary amides is 1. The van der Waals surface area contributed by atoms with Crippen molar-refractivity contribution >= 4 is 22.6 Å². The second kappa shape index (κ2) is 6.45. The summed E-state index contributed by atoms with van der Waals surface area (Å²) < 4.78 is 10.6. The molecule has 3 aromatic rings. The monoisotopic (exact) mass is 323 g/mol. The van der Waals surface area contributed by atoms with Crippen LogP contribution in [-0.2, 0) is 0 Å². The van der Waals surface area contributed by atoms with Crippen molar-refractivity contribution in [2.75, 3.05) is 19.5 Å². The number of rotatable bonds is 4. The third-order valence-corrected chi connectivity index (χ3v) is 3.65. The number of para-hydroxylation sites is 1. The number of carbonyl (C=O) groups is 1. The molecule has 3 N–H and O–H groups in total. The number of benzene rings is 2. The first-order chi connectivity index (χ1) is 11.6. The van der Waals surface area contributed by atoms with Gasteiger partial charge in [-0.3, -0.25) is 0 Å². The average molecular weight is 323 g/mol. The van der Waals surface area contributed by atoms with Gasteiger partial charge in [0.15, 0.2) is 11.5 Å². The minimum Gasteiger partial charge on any atom is -0.493 e. The number of carbonyl (C=O) groups excluding carboxylic acids is 1. The molecule has 0 bridgehead atoms. The number of ether oxygens (including phenoxy) is 2. The van der Waals surface area contributed by atoms with Gasteiger partial charge in [-0.2, -0.15) is 0 Å². The SMILES string of the molecule is COc1ccc(-c2cc(NC(N)=O)c3ccccc3n2)cc1OC. The molecule has 0 aliphatic carbocycles. The minimum atomic E-state index is -0.621. The highest BCUT2D eigenvalue weighted by molar-refractivity contribution is 6.01. The lowest BCUT2D eigenvalue weighted by atomic mass is 10.1. The van der Waals surface area contributed by atoms with Crippen LogP contribution in [0.1, 0.15) is 0 Å². The fraction of sp³-hybridized carbons (Fsp3) is 0.111. The first-order valence-electron chi connectivity index (χ1n) is 7.31. The Bertz CT molecular complexity index is 909. The van der Waals surface area contributed by atoms with Crippen LogP contribution in [0.5, 0.6) is 11.5 Å². The van der Waals surface area contributed by atoms with Crippen LogP contribution in [0, 0.1) is 0 Å². The summed E-state index contributed by atoms with van der Waals surface area (Å²) in [5.74, 6) is 1.24. The van der Waals surface area contributed by atoms with Gasteiger partial charge in [0, 0.05) is 10.9 Å². The summed E-state index contributed by atoms with van der Waals surface area (Å²) >= 11 is 0. The van der Waals surface area contributed by atoms with Gasteiger partial charge in [-0.1, -0.05) is 18.2 Å². The zero-order chi connectivity index (χ0) is 17.1. The molecule has 122 valence electrons. The summed E-state index contributed by atoms with van der Waals surface area (Å²) in [4.78, 5) is 16.0. The van der Waals surface area contributed by atoms with Crippen LogP contribution >= 0.6 is 0 Å². The van der Waals surface area contributed by atoms with Crippen molar-refractivity contribution in [1.29, 1.82) is 0 Å². The molecule has 0 saturated carbocycles. The number of hydrogen-bond donors (Lipinski definition) is 2. The maximum absolute atomic E-state index is 11.3. The molecule has 1 aromatic heterocycles. The zero-order valence-electron chi connectivity index (χ0n) is 13.4. The second-order valence-electron chi connectivity index (χ2n) is 5.13. The highest BCUT2D eigenvalue weighted by Crippen LogP contribution is 2.34. The summed E-state index contributed by atoms with van der Waals surface area (Å²) in [6, 6.07) is 14.2. The van der Waals surface area contributed by atoms with Gasteiger partial charge in [-0.25, -0.2) is 9.78 Å². The van der Waals surface area contributed by atoms with E-state index in [1.165, 1.54) is 0 Å². The maximum atomic E-state index is 11.3. The number of nitrogens with one attached hydrogen (secondary N) is 1. The first-order valence-corrected chi connectivity index (χ1v) is 7.31. The Morgan fingerprint density at radius 1 is 1.04 bits per heavy atom. The third-order valence-electron chi connectivity index (χ3n) is 3.65. The van der Waals surface area contributed by atoms with Gasteiger partial charge in [-0.15, -0.1) is 0 Å². The highest BCUT2D eigenvalue weighted by Gasteiger charge is 2.11. The second-order valence-corrected chi connectivity index (χ2v) is 5.13. The van der Waals surface area contributed by atoms with Crippen LogP contribution in [0.3, 0.4) is 0 Å². The van der Waals surface area contributed by atoms with Crippen LogP contribution in [-0.4, -0.2) is 25.2 Å². The molecule has 0 aliphatic rings. The molecule has 0 spiro atoms. The van der Waals surface area contributed by atoms with Crippen LogP contribution in [0.2, 0.25) is 0 Å². The lowest BCUT2D eigenvalue weighted by molar-refractivity contribution is 0.259. The van der Waals surface area contributed by atoms with Crippen molar-refractivity contribution in [2.45, 2.75) is 0 Å². The molecule has 0 aliphatic heterocycles. The Labute approximate surface area is 139 Å². The average Bonchev–Trinajstić information content (AvgIpc) is 2.60. The van der Waals surface area contributed by atoms with Gasteiger partial charge in [-0.05, 0) is 30.3 Å². The summed E-state index contributed by atoms with van der Waals surface area (Å²) in [7, 11) is 3.16. The fourth-order valence-electron chi connectivity index (χ4n) is 2.55. The van der Waals surface area contributed by atoms with Gasteiger partial charge < -0.3 is 20.5 Å². The van der Waals surface area contributed by atoms with Crippen LogP contribution in [0.25, 0.3) is 22.2 Å². The van der Waals surface area contributed by atoms with Crippen molar-refractivity contribution in [2.24, 2.45) is 5.73 Å². The van der Waals surface area contributed by atoms with Crippen LogP contribution in [0.4, 0.5) is 10.5 Å². The highest BCUT2D eigenvalue weighted by atomic mass is 16.5. The molecular formula is C18H17N3O3. The first kappa shape index (κ1) is 15.6. The number of nitrogens with two attached hydrogens (primary N) is 1. The van der Waals surface area contributed by atoms with Crippen molar-refractivity contribution < 1.29 is 14.3 Å². The molecule has 0 unspecified atom stereocenters. The summed E-state index contributed by atoms with van der Waals surface area (Å²) in [5.41, 5.74) is 8.18. The van der Waals surface area contributed by atoms with E-state index < -0.39 is 6.03 Å². The number of methoxy groups -OCH3 is 2. The number of urea groups is 1. The number of nitrogens with zero attached hydrogens (tertiary/aromatic N) is 1. The van der Waals surface area contributed by atoms with Crippen LogP contribution in [0.15, 0.2) is 48.5 Å². The van der Waals surface area contributed by atoms with E-state index >= 15 is 0 Å². The molecule has 0 atom stereocenters. The predicted octanol–water partition coefficient (Wildman–Crippen LogP) is 3.41. The van der Waals surface area contributed by atoms with Gasteiger partial charge >= 0.3 is 6.03 Å². The van der Waals surface area contributed by atoms with E-state index in [0.717, 1.165) is 16.5 Å². The number of hydrogen-bond acceptors (Lipinski definition) is 4. The minimum absolute atomic E-state index is 0.606. The summed E-state index contributed by atoms with van der Waals surface area (Å²) in [5, 5.41) is 3.47. The van der Waals surface area contributed by atoms with Gasteiger partial charge in [0.05, 0.1) is 31.1 Å². The standard InChI is InChI=1S/C18H17N3O3/c1-23-16-8-7-11(9-17(16)24-2)14-10-15(21-18(19)22)12-5-3-4-6-13(12)20-14/h3-10H,1-2H3,(H3,19,20,21,22). The van der Waals surface area contributed by atoms with Gasteiger partial charge in [0.2, 0.25) is 0 Å². The summed E-state index contributed by atoms with van der Waals surface area (Å²) in [6.07, 6.45) is 0. The Balaban J connectivity index is 2.17. The van der Waals surface area contributed by atoms with Gasteiger partial charge in [0.1, 0.15) is 0 Å². The Kier molecular flexibility index (Phi) is 4.20. The molecule has 2 amide bonds. The predicted molar refractivity (Wildman–Crippen MR) is 93.5 cm³/mol. The Morgan fingerprint density at radius 2 is 1.79 bits per heavy atom. The lowest BCUT2D eigenvalue weighted by Gasteiger charge is -2.12. The van der Waals surface area contributed by atoms with E-state index in [9.17, 15) is 4.79 Å². The molecule has 0 fully saturated rings. The van der Waals surface area contributed by atoms with E-state index in [-0.39, 0.29) is 0 Å². The van der Waals surface area contributed by atoms with Crippen molar-refractivity contribution in [3.05, 3.63) is 48.5 Å². The smallest absolute Gasteiger partial charge is 0.316 e. The molecule has 6 nitrogen and oxygen atoms in total. The van der Waals surface area contributed by atoms with E-state index in [4.69, 9.17) is 15.2 Å². The molecular weight excluding hydrogens is 306 g/mol. The van der Waals surface area contributed by atoms with Crippen molar-refractivity contribution in [1.82, 2.24) is 4.98 Å². The molecule has 2 aromatic carbocycles. The van der Waals surface area contributed by atoms with E-state index in [1.807, 2.05) is 42.5 Å². The fourth-order valence-corrected chi connectivity index (χ4v) is 2.55. The largest absolute Gasteiger partial charge is 0.493 e. The topological polar surface area (TPSA) is 86.5 Å². The van der Waals surface area contributed by atoms with E-state index in [0.29, 0.717) is 22.9 Å².